The van der Waals surface area contributed by atoms with Gasteiger partial charge in [-0.3, -0.25) is 4.90 Å². The Labute approximate surface area is 112 Å². The summed E-state index contributed by atoms with van der Waals surface area (Å²) in [6.07, 6.45) is 1.90. The average Bonchev–Trinajstić information content (AvgIpc) is 2.81. The van der Waals surface area contributed by atoms with Gasteiger partial charge in [0.1, 0.15) is 0 Å². The Morgan fingerprint density at radius 2 is 2.21 bits per heavy atom. The molecule has 1 N–H and O–H groups in total. The second-order valence-corrected chi connectivity index (χ2v) is 4.90. The van der Waals surface area contributed by atoms with E-state index in [1.165, 1.54) is 0 Å². The van der Waals surface area contributed by atoms with Crippen LogP contribution < -0.4 is 5.32 Å². The maximum absolute atomic E-state index is 5.35. The first-order valence-corrected chi connectivity index (χ1v) is 6.69. The molecule has 1 saturated heterocycles. The highest BCUT2D eigenvalue weighted by molar-refractivity contribution is 5.43. The average molecular weight is 261 g/mol. The van der Waals surface area contributed by atoms with Crippen LogP contribution in [-0.2, 0) is 4.74 Å². The number of nitrogens with one attached hydrogen (secondary N) is 1. The first-order chi connectivity index (χ1) is 9.31. The molecule has 19 heavy (non-hydrogen) atoms. The number of hydrogen-bond donors (Lipinski definition) is 1. The van der Waals surface area contributed by atoms with Crippen LogP contribution in [0.5, 0.6) is 0 Å². The molecule has 1 unspecified atom stereocenters. The molecule has 0 bridgehead atoms. The van der Waals surface area contributed by atoms with Gasteiger partial charge in [-0.1, -0.05) is 6.07 Å². The molecule has 1 aliphatic heterocycles. The molecule has 0 aliphatic carbocycles. The topological polar surface area (TPSA) is 54.7 Å². The summed E-state index contributed by atoms with van der Waals surface area (Å²) < 4.78 is 7.13. The van der Waals surface area contributed by atoms with Gasteiger partial charge in [0.15, 0.2) is 5.65 Å². The Hall–Kier alpha value is -1.66. The molecule has 0 saturated carbocycles. The van der Waals surface area contributed by atoms with Crippen LogP contribution >= 0.6 is 0 Å². The maximum Gasteiger partial charge on any atom is 0.243 e. The third-order valence-electron chi connectivity index (χ3n) is 3.25. The molecule has 102 valence electrons. The molecule has 0 amide bonds. The molecular weight excluding hydrogens is 242 g/mol. The molecule has 6 heteroatoms. The first kappa shape index (κ1) is 12.4. The van der Waals surface area contributed by atoms with Gasteiger partial charge in [-0.05, 0) is 19.1 Å². The number of hydrogen-bond acceptors (Lipinski definition) is 5. The number of nitrogens with zero attached hydrogens (tertiary/aromatic N) is 4. The van der Waals surface area contributed by atoms with Crippen molar-refractivity contribution in [2.75, 3.05) is 38.2 Å². The zero-order valence-corrected chi connectivity index (χ0v) is 11.1. The summed E-state index contributed by atoms with van der Waals surface area (Å²) in [5, 5.41) is 7.75. The standard InChI is InChI=1S/C13H19N5O/c1-11(10-17-6-8-19-9-7-17)14-13-15-12-4-2-3-5-18(12)16-13/h2-5,11H,6-10H2,1H3,(H,14,16). The molecule has 6 nitrogen and oxygen atoms in total. The molecule has 2 aromatic rings. The minimum Gasteiger partial charge on any atom is -0.379 e. The van der Waals surface area contributed by atoms with Gasteiger partial charge in [0.2, 0.25) is 5.95 Å². The van der Waals surface area contributed by atoms with Gasteiger partial charge in [-0.2, -0.15) is 4.98 Å². The normalized spacial score (nSPS) is 18.6. The molecule has 1 aliphatic rings. The van der Waals surface area contributed by atoms with Crippen molar-refractivity contribution in [1.29, 1.82) is 0 Å². The number of fused-ring (bicyclic) bond motifs is 1. The Morgan fingerprint density at radius 1 is 1.37 bits per heavy atom. The minimum atomic E-state index is 0.315. The number of ether oxygens (including phenoxy) is 1. The van der Waals surface area contributed by atoms with Crippen molar-refractivity contribution in [2.24, 2.45) is 0 Å². The van der Waals surface area contributed by atoms with E-state index in [4.69, 9.17) is 4.74 Å². The monoisotopic (exact) mass is 261 g/mol. The quantitative estimate of drug-likeness (QED) is 0.884. The van der Waals surface area contributed by atoms with Crippen molar-refractivity contribution in [2.45, 2.75) is 13.0 Å². The van der Waals surface area contributed by atoms with E-state index in [1.807, 2.05) is 24.4 Å². The van der Waals surface area contributed by atoms with Crippen LogP contribution in [0.1, 0.15) is 6.92 Å². The Bertz CT molecular complexity index is 502. The van der Waals surface area contributed by atoms with Gasteiger partial charge in [0, 0.05) is 31.9 Å². The third-order valence-corrected chi connectivity index (χ3v) is 3.25. The fourth-order valence-electron chi connectivity index (χ4n) is 2.33. The van der Waals surface area contributed by atoms with Crippen molar-refractivity contribution in [3.8, 4) is 0 Å². The molecule has 1 atom stereocenters. The van der Waals surface area contributed by atoms with E-state index in [-0.39, 0.29) is 0 Å². The van der Waals surface area contributed by atoms with Crippen LogP contribution in [0.15, 0.2) is 24.4 Å². The van der Waals surface area contributed by atoms with E-state index in [2.05, 4.69) is 27.2 Å². The van der Waals surface area contributed by atoms with Crippen LogP contribution in [0.25, 0.3) is 5.65 Å². The van der Waals surface area contributed by atoms with E-state index in [1.54, 1.807) is 4.52 Å². The summed E-state index contributed by atoms with van der Waals surface area (Å²) >= 11 is 0. The van der Waals surface area contributed by atoms with Gasteiger partial charge >= 0.3 is 0 Å². The highest BCUT2D eigenvalue weighted by Crippen LogP contribution is 2.07. The molecule has 3 heterocycles. The summed E-state index contributed by atoms with van der Waals surface area (Å²) in [4.78, 5) is 6.84. The fraction of sp³-hybridized carbons (Fsp3) is 0.538. The molecule has 2 aromatic heterocycles. The van der Waals surface area contributed by atoms with Crippen LogP contribution in [0.4, 0.5) is 5.95 Å². The highest BCUT2D eigenvalue weighted by Gasteiger charge is 2.14. The van der Waals surface area contributed by atoms with Gasteiger partial charge in [-0.15, -0.1) is 5.10 Å². The van der Waals surface area contributed by atoms with Crippen molar-refractivity contribution in [1.82, 2.24) is 19.5 Å². The molecule has 0 aromatic carbocycles. The van der Waals surface area contributed by atoms with E-state index in [9.17, 15) is 0 Å². The Balaban J connectivity index is 1.60. The zero-order chi connectivity index (χ0) is 13.1. The van der Waals surface area contributed by atoms with Gasteiger partial charge in [-0.25, -0.2) is 4.52 Å². The van der Waals surface area contributed by atoms with Crippen molar-refractivity contribution < 1.29 is 4.74 Å². The predicted molar refractivity (Wildman–Crippen MR) is 73.3 cm³/mol. The Kier molecular flexibility index (Phi) is 3.61. The highest BCUT2D eigenvalue weighted by atomic mass is 16.5. The lowest BCUT2D eigenvalue weighted by Crippen LogP contribution is -2.42. The second-order valence-electron chi connectivity index (χ2n) is 4.90. The number of rotatable bonds is 4. The molecule has 3 rings (SSSR count). The number of aromatic nitrogens is 3. The lowest BCUT2D eigenvalue weighted by atomic mass is 10.3. The van der Waals surface area contributed by atoms with Crippen LogP contribution in [-0.4, -0.2) is 58.4 Å². The second kappa shape index (κ2) is 5.54. The van der Waals surface area contributed by atoms with Gasteiger partial charge in [0.05, 0.1) is 13.2 Å². The summed E-state index contributed by atoms with van der Waals surface area (Å²) in [6, 6.07) is 6.17. The number of anilines is 1. The smallest absolute Gasteiger partial charge is 0.243 e. The molecule has 0 radical (unpaired) electrons. The summed E-state index contributed by atoms with van der Waals surface area (Å²) in [5.74, 6) is 0.687. The van der Waals surface area contributed by atoms with E-state index in [0.29, 0.717) is 12.0 Å². The minimum absolute atomic E-state index is 0.315. The lowest BCUT2D eigenvalue weighted by Gasteiger charge is -2.29. The molecule has 0 spiro atoms. The summed E-state index contributed by atoms with van der Waals surface area (Å²) in [5.41, 5.74) is 0.864. The number of morpholine rings is 1. The van der Waals surface area contributed by atoms with Crippen molar-refractivity contribution >= 4 is 11.6 Å². The molecule has 1 fully saturated rings. The molecular formula is C13H19N5O. The maximum atomic E-state index is 5.35. The number of pyridine rings is 1. The summed E-state index contributed by atoms with van der Waals surface area (Å²) in [7, 11) is 0. The van der Waals surface area contributed by atoms with Gasteiger partial charge in [0.25, 0.3) is 0 Å². The van der Waals surface area contributed by atoms with E-state index in [0.717, 1.165) is 38.5 Å². The zero-order valence-electron chi connectivity index (χ0n) is 11.1. The van der Waals surface area contributed by atoms with Crippen molar-refractivity contribution in [3.05, 3.63) is 24.4 Å². The van der Waals surface area contributed by atoms with Gasteiger partial charge < -0.3 is 10.1 Å². The first-order valence-electron chi connectivity index (χ1n) is 6.69. The third kappa shape index (κ3) is 3.02. The summed E-state index contributed by atoms with van der Waals surface area (Å²) in [6.45, 7) is 6.81. The van der Waals surface area contributed by atoms with E-state index >= 15 is 0 Å². The van der Waals surface area contributed by atoms with Crippen LogP contribution in [0.3, 0.4) is 0 Å². The predicted octanol–water partition coefficient (Wildman–Crippen LogP) is 0.862. The lowest BCUT2D eigenvalue weighted by molar-refractivity contribution is 0.0368. The largest absolute Gasteiger partial charge is 0.379 e. The Morgan fingerprint density at radius 3 is 3.00 bits per heavy atom. The van der Waals surface area contributed by atoms with Crippen LogP contribution in [0.2, 0.25) is 0 Å². The van der Waals surface area contributed by atoms with E-state index < -0.39 is 0 Å². The fourth-order valence-corrected chi connectivity index (χ4v) is 2.33. The van der Waals surface area contributed by atoms with Crippen LogP contribution in [0, 0.1) is 0 Å². The SMILES string of the molecule is CC(CN1CCOCC1)Nc1nc2ccccn2n1. The van der Waals surface area contributed by atoms with Crippen molar-refractivity contribution in [3.63, 3.8) is 0 Å².